The fraction of sp³-hybridized carbons (Fsp3) is 0.333. The van der Waals surface area contributed by atoms with Crippen LogP contribution in [-0.4, -0.2) is 5.33 Å². The minimum absolute atomic E-state index is 0.589. The molecular formula is C12H12BrF3. The molecule has 88 valence electrons. The van der Waals surface area contributed by atoms with Crippen molar-refractivity contribution in [2.75, 3.05) is 5.33 Å². The van der Waals surface area contributed by atoms with Crippen LogP contribution in [-0.2, 0) is 6.18 Å². The summed E-state index contributed by atoms with van der Waals surface area (Å²) in [6.07, 6.45) is -1.67. The second kappa shape index (κ2) is 5.53. The van der Waals surface area contributed by atoms with Crippen LogP contribution in [0.5, 0.6) is 0 Å². The lowest BCUT2D eigenvalue weighted by molar-refractivity contribution is -0.137. The Morgan fingerprint density at radius 3 is 2.56 bits per heavy atom. The van der Waals surface area contributed by atoms with Crippen LogP contribution in [0.2, 0.25) is 0 Å². The van der Waals surface area contributed by atoms with Crippen LogP contribution in [0.25, 0.3) is 6.08 Å². The summed E-state index contributed by atoms with van der Waals surface area (Å²) in [6.45, 7) is 1.97. The molecule has 0 N–H and O–H groups in total. The molecule has 0 spiro atoms. The van der Waals surface area contributed by atoms with Crippen LogP contribution in [0.15, 0.2) is 29.8 Å². The van der Waals surface area contributed by atoms with Crippen LogP contribution < -0.4 is 0 Å². The molecule has 0 atom stereocenters. The summed E-state index contributed by atoms with van der Waals surface area (Å²) in [5, 5.41) is 0.680. The Morgan fingerprint density at radius 2 is 2.06 bits per heavy atom. The smallest absolute Gasteiger partial charge is 0.166 e. The molecule has 0 amide bonds. The highest BCUT2D eigenvalue weighted by atomic mass is 79.9. The first kappa shape index (κ1) is 13.3. The lowest BCUT2D eigenvalue weighted by Gasteiger charge is -2.07. The third kappa shape index (κ3) is 3.67. The normalized spacial score (nSPS) is 12.9. The number of benzene rings is 1. The third-order valence-electron chi connectivity index (χ3n) is 2.21. The molecule has 0 nitrogen and oxygen atoms in total. The maximum absolute atomic E-state index is 12.4. The van der Waals surface area contributed by atoms with E-state index in [0.717, 1.165) is 18.1 Å². The molecule has 0 saturated carbocycles. The number of allylic oxidation sites excluding steroid dienone is 1. The van der Waals surface area contributed by atoms with E-state index < -0.39 is 11.7 Å². The fourth-order valence-electron chi connectivity index (χ4n) is 1.28. The zero-order valence-electron chi connectivity index (χ0n) is 8.81. The lowest BCUT2D eigenvalue weighted by Crippen LogP contribution is -2.04. The van der Waals surface area contributed by atoms with E-state index in [4.69, 9.17) is 0 Å². The summed E-state index contributed by atoms with van der Waals surface area (Å²) in [7, 11) is 0. The van der Waals surface area contributed by atoms with Crippen LogP contribution in [0.3, 0.4) is 0 Å². The second-order valence-electron chi connectivity index (χ2n) is 3.41. The van der Waals surface area contributed by atoms with Crippen LogP contribution in [0.1, 0.15) is 24.5 Å². The highest BCUT2D eigenvalue weighted by Crippen LogP contribution is 2.30. The van der Waals surface area contributed by atoms with Gasteiger partial charge in [-0.1, -0.05) is 46.6 Å². The molecule has 0 aliphatic heterocycles. The number of halogens is 4. The van der Waals surface area contributed by atoms with Gasteiger partial charge in [-0.05, 0) is 24.1 Å². The Morgan fingerprint density at radius 1 is 1.38 bits per heavy atom. The van der Waals surface area contributed by atoms with Crippen molar-refractivity contribution in [2.24, 2.45) is 0 Å². The highest BCUT2D eigenvalue weighted by Gasteiger charge is 2.30. The van der Waals surface area contributed by atoms with Gasteiger partial charge in [0.2, 0.25) is 0 Å². The number of hydrogen-bond acceptors (Lipinski definition) is 0. The van der Waals surface area contributed by atoms with Crippen molar-refractivity contribution < 1.29 is 13.2 Å². The Bertz CT molecular complexity index is 374. The van der Waals surface area contributed by atoms with Crippen molar-refractivity contribution in [1.29, 1.82) is 0 Å². The topological polar surface area (TPSA) is 0 Å². The van der Waals surface area contributed by atoms with Crippen LogP contribution in [0, 0.1) is 0 Å². The standard InChI is InChI=1S/C12H12BrF3/c1-2-9(8-13)6-10-4-3-5-11(7-10)12(14,15)16/h3-7H,2,8H2,1H3. The summed E-state index contributed by atoms with van der Waals surface area (Å²) in [5.41, 5.74) is 1.05. The van der Waals surface area contributed by atoms with Gasteiger partial charge < -0.3 is 0 Å². The zero-order chi connectivity index (χ0) is 12.2. The van der Waals surface area contributed by atoms with Gasteiger partial charge in [0.1, 0.15) is 0 Å². The van der Waals surface area contributed by atoms with Gasteiger partial charge in [0.15, 0.2) is 0 Å². The highest BCUT2D eigenvalue weighted by molar-refractivity contribution is 9.09. The Labute approximate surface area is 101 Å². The van der Waals surface area contributed by atoms with Crippen molar-refractivity contribution in [2.45, 2.75) is 19.5 Å². The van der Waals surface area contributed by atoms with Crippen molar-refractivity contribution in [1.82, 2.24) is 0 Å². The Balaban J connectivity index is 3.04. The minimum atomic E-state index is -4.27. The number of rotatable bonds is 3. The molecule has 0 aliphatic rings. The summed E-state index contributed by atoms with van der Waals surface area (Å²) >= 11 is 3.30. The van der Waals surface area contributed by atoms with Crippen molar-refractivity contribution in [3.63, 3.8) is 0 Å². The first-order chi connectivity index (χ1) is 7.47. The third-order valence-corrected chi connectivity index (χ3v) is 2.93. The van der Waals surface area contributed by atoms with Crippen LogP contribution in [0.4, 0.5) is 13.2 Å². The maximum Gasteiger partial charge on any atom is 0.416 e. The molecule has 1 rings (SSSR count). The first-order valence-electron chi connectivity index (χ1n) is 4.90. The van der Waals surface area contributed by atoms with E-state index in [9.17, 15) is 13.2 Å². The summed E-state index contributed by atoms with van der Waals surface area (Å²) in [4.78, 5) is 0. The van der Waals surface area contributed by atoms with E-state index in [0.29, 0.717) is 10.9 Å². The van der Waals surface area contributed by atoms with E-state index in [1.807, 2.05) is 6.92 Å². The van der Waals surface area contributed by atoms with E-state index >= 15 is 0 Å². The zero-order valence-corrected chi connectivity index (χ0v) is 10.4. The molecular weight excluding hydrogens is 281 g/mol. The average molecular weight is 293 g/mol. The predicted molar refractivity (Wildman–Crippen MR) is 63.5 cm³/mol. The molecule has 1 aromatic rings. The van der Waals surface area contributed by atoms with Gasteiger partial charge in [0.25, 0.3) is 0 Å². The van der Waals surface area contributed by atoms with Gasteiger partial charge in [-0.2, -0.15) is 13.2 Å². The lowest BCUT2D eigenvalue weighted by atomic mass is 10.1. The molecule has 4 heteroatoms. The second-order valence-corrected chi connectivity index (χ2v) is 3.97. The van der Waals surface area contributed by atoms with E-state index in [2.05, 4.69) is 15.9 Å². The van der Waals surface area contributed by atoms with Crippen molar-refractivity contribution in [3.05, 3.63) is 41.0 Å². The monoisotopic (exact) mass is 292 g/mol. The van der Waals surface area contributed by atoms with Gasteiger partial charge in [0.05, 0.1) is 5.56 Å². The molecule has 1 aromatic carbocycles. The van der Waals surface area contributed by atoms with Gasteiger partial charge in [-0.25, -0.2) is 0 Å². The fourth-order valence-corrected chi connectivity index (χ4v) is 1.83. The molecule has 0 saturated heterocycles. The molecule has 0 bridgehead atoms. The quantitative estimate of drug-likeness (QED) is 0.696. The van der Waals surface area contributed by atoms with Crippen LogP contribution >= 0.6 is 15.9 Å². The first-order valence-corrected chi connectivity index (χ1v) is 6.02. The number of hydrogen-bond donors (Lipinski definition) is 0. The van der Waals surface area contributed by atoms with Gasteiger partial charge in [-0.15, -0.1) is 0 Å². The van der Waals surface area contributed by atoms with Gasteiger partial charge >= 0.3 is 6.18 Å². The molecule has 0 unspecified atom stereocenters. The van der Waals surface area contributed by atoms with Gasteiger partial charge in [-0.3, -0.25) is 0 Å². The molecule has 16 heavy (non-hydrogen) atoms. The average Bonchev–Trinajstić information content (AvgIpc) is 2.25. The molecule has 0 aliphatic carbocycles. The SMILES string of the molecule is CCC(=Cc1cccc(C(F)(F)F)c1)CBr. The van der Waals surface area contributed by atoms with E-state index in [1.165, 1.54) is 12.1 Å². The van der Waals surface area contributed by atoms with Crippen molar-refractivity contribution >= 4 is 22.0 Å². The van der Waals surface area contributed by atoms with Crippen molar-refractivity contribution in [3.8, 4) is 0 Å². The molecule has 0 aromatic heterocycles. The maximum atomic E-state index is 12.4. The Hall–Kier alpha value is -0.770. The molecule has 0 heterocycles. The minimum Gasteiger partial charge on any atom is -0.166 e. The molecule has 0 radical (unpaired) electrons. The predicted octanol–water partition coefficient (Wildman–Crippen LogP) is 4.89. The Kier molecular flexibility index (Phi) is 4.59. The summed E-state index contributed by atoms with van der Waals surface area (Å²) in [5.74, 6) is 0. The van der Waals surface area contributed by atoms with Gasteiger partial charge in [0, 0.05) is 5.33 Å². The van der Waals surface area contributed by atoms with E-state index in [1.54, 1.807) is 12.1 Å². The summed E-state index contributed by atoms with van der Waals surface area (Å²) < 4.78 is 37.3. The summed E-state index contributed by atoms with van der Waals surface area (Å²) in [6, 6.07) is 5.35. The van der Waals surface area contributed by atoms with E-state index in [-0.39, 0.29) is 0 Å². The molecule has 0 fully saturated rings. The number of alkyl halides is 4. The largest absolute Gasteiger partial charge is 0.416 e.